The molecule has 1 heterocycles. The summed E-state index contributed by atoms with van der Waals surface area (Å²) in [5, 5.41) is 5.94. The van der Waals surface area contributed by atoms with Gasteiger partial charge in [0.15, 0.2) is 0 Å². The number of hydrogen-bond acceptors (Lipinski definition) is 4. The molecule has 0 aromatic rings. The summed E-state index contributed by atoms with van der Waals surface area (Å²) in [5.41, 5.74) is 0. The average molecular weight is 216 g/mol. The van der Waals surface area contributed by atoms with Gasteiger partial charge >= 0.3 is 6.09 Å². The molecule has 1 aliphatic rings. The molecule has 1 fully saturated rings. The van der Waals surface area contributed by atoms with Crippen LogP contribution < -0.4 is 10.6 Å². The Kier molecular flexibility index (Phi) is 5.42. The molecule has 2 atom stereocenters. The quantitative estimate of drug-likeness (QED) is 0.657. The average Bonchev–Trinajstić information content (AvgIpc) is 2.65. The summed E-state index contributed by atoms with van der Waals surface area (Å²) in [4.78, 5) is 11.3. The van der Waals surface area contributed by atoms with E-state index < -0.39 is 0 Å². The van der Waals surface area contributed by atoms with Gasteiger partial charge in [-0.1, -0.05) is 13.3 Å². The monoisotopic (exact) mass is 216 g/mol. The zero-order valence-electron chi connectivity index (χ0n) is 9.41. The predicted molar refractivity (Wildman–Crippen MR) is 56.8 cm³/mol. The number of rotatable bonds is 5. The van der Waals surface area contributed by atoms with Gasteiger partial charge in [0.05, 0.1) is 18.8 Å². The van der Waals surface area contributed by atoms with Crippen molar-refractivity contribution in [3.8, 4) is 0 Å². The molecular formula is C10H20N2O3. The molecular weight excluding hydrogens is 196 g/mol. The Morgan fingerprint density at radius 1 is 1.53 bits per heavy atom. The maximum Gasteiger partial charge on any atom is 0.407 e. The molecule has 1 rings (SSSR count). The highest BCUT2D eigenvalue weighted by molar-refractivity contribution is 5.67. The lowest BCUT2D eigenvalue weighted by Crippen LogP contribution is -2.43. The van der Waals surface area contributed by atoms with E-state index in [-0.39, 0.29) is 18.2 Å². The minimum absolute atomic E-state index is 0.0177. The molecule has 0 saturated carbocycles. The van der Waals surface area contributed by atoms with Crippen molar-refractivity contribution in [2.75, 3.05) is 26.8 Å². The molecule has 0 aromatic carbocycles. The van der Waals surface area contributed by atoms with E-state index in [0.717, 1.165) is 25.9 Å². The summed E-state index contributed by atoms with van der Waals surface area (Å²) in [6.07, 6.45) is 1.63. The molecule has 0 spiro atoms. The first-order chi connectivity index (χ1) is 7.27. The number of amides is 1. The van der Waals surface area contributed by atoms with Gasteiger partial charge in [-0.3, -0.25) is 0 Å². The Bertz CT molecular complexity index is 199. The third kappa shape index (κ3) is 4.05. The van der Waals surface area contributed by atoms with Crippen LogP contribution in [0.2, 0.25) is 0 Å². The molecule has 0 aromatic heterocycles. The Balaban J connectivity index is 2.19. The Labute approximate surface area is 90.5 Å². The van der Waals surface area contributed by atoms with E-state index in [4.69, 9.17) is 9.47 Å². The molecule has 15 heavy (non-hydrogen) atoms. The summed E-state index contributed by atoms with van der Waals surface area (Å²) in [6, 6.07) is 0.0177. The zero-order chi connectivity index (χ0) is 11.1. The summed E-state index contributed by atoms with van der Waals surface area (Å²) < 4.78 is 10.2. The van der Waals surface area contributed by atoms with Crippen LogP contribution in [-0.4, -0.2) is 45.0 Å². The van der Waals surface area contributed by atoms with Gasteiger partial charge in [-0.25, -0.2) is 4.79 Å². The van der Waals surface area contributed by atoms with Gasteiger partial charge in [-0.2, -0.15) is 0 Å². The number of nitrogens with one attached hydrogen (secondary N) is 2. The van der Waals surface area contributed by atoms with Crippen molar-refractivity contribution in [2.24, 2.45) is 0 Å². The fourth-order valence-electron chi connectivity index (χ4n) is 1.55. The van der Waals surface area contributed by atoms with Gasteiger partial charge in [0.25, 0.3) is 0 Å². The maximum atomic E-state index is 11.3. The van der Waals surface area contributed by atoms with Crippen molar-refractivity contribution in [1.29, 1.82) is 0 Å². The summed E-state index contributed by atoms with van der Waals surface area (Å²) in [5.74, 6) is 0. The van der Waals surface area contributed by atoms with Crippen LogP contribution in [-0.2, 0) is 9.47 Å². The van der Waals surface area contributed by atoms with E-state index in [1.165, 1.54) is 0 Å². The standard InChI is InChI=1S/C10H20N2O3/c1-3-4-5-15-10(13)12-8-6-11-7-9(8)14-2/h8-9,11H,3-7H2,1-2H3,(H,12,13). The first kappa shape index (κ1) is 12.3. The van der Waals surface area contributed by atoms with Crippen molar-refractivity contribution in [3.63, 3.8) is 0 Å². The van der Waals surface area contributed by atoms with Crippen molar-refractivity contribution in [1.82, 2.24) is 10.6 Å². The largest absolute Gasteiger partial charge is 0.450 e. The highest BCUT2D eigenvalue weighted by Gasteiger charge is 2.28. The van der Waals surface area contributed by atoms with Crippen molar-refractivity contribution >= 4 is 6.09 Å². The molecule has 1 aliphatic heterocycles. The van der Waals surface area contributed by atoms with Crippen LogP contribution in [0.5, 0.6) is 0 Å². The second kappa shape index (κ2) is 6.63. The molecule has 1 saturated heterocycles. The second-order valence-corrected chi connectivity index (χ2v) is 3.67. The molecule has 88 valence electrons. The second-order valence-electron chi connectivity index (χ2n) is 3.67. The topological polar surface area (TPSA) is 59.6 Å². The van der Waals surface area contributed by atoms with Gasteiger partial charge < -0.3 is 20.1 Å². The third-order valence-corrected chi connectivity index (χ3v) is 2.50. The Hall–Kier alpha value is -0.810. The van der Waals surface area contributed by atoms with E-state index in [0.29, 0.717) is 6.61 Å². The minimum atomic E-state index is -0.348. The first-order valence-electron chi connectivity index (χ1n) is 5.44. The zero-order valence-corrected chi connectivity index (χ0v) is 9.41. The van der Waals surface area contributed by atoms with Gasteiger partial charge in [0.2, 0.25) is 0 Å². The summed E-state index contributed by atoms with van der Waals surface area (Å²) >= 11 is 0. The van der Waals surface area contributed by atoms with Crippen LogP contribution in [0.15, 0.2) is 0 Å². The lowest BCUT2D eigenvalue weighted by atomic mass is 10.2. The molecule has 5 nitrogen and oxygen atoms in total. The number of alkyl carbamates (subject to hydrolysis) is 1. The van der Waals surface area contributed by atoms with Crippen molar-refractivity contribution < 1.29 is 14.3 Å². The number of unbranched alkanes of at least 4 members (excludes halogenated alkanes) is 1. The van der Waals surface area contributed by atoms with Crippen LogP contribution in [0.1, 0.15) is 19.8 Å². The number of hydrogen-bond donors (Lipinski definition) is 2. The highest BCUT2D eigenvalue weighted by Crippen LogP contribution is 2.03. The van der Waals surface area contributed by atoms with E-state index in [2.05, 4.69) is 17.6 Å². The molecule has 0 bridgehead atoms. The molecule has 2 unspecified atom stereocenters. The van der Waals surface area contributed by atoms with Gasteiger partial charge in [0.1, 0.15) is 0 Å². The normalized spacial score (nSPS) is 25.2. The minimum Gasteiger partial charge on any atom is -0.450 e. The maximum absolute atomic E-state index is 11.3. The molecule has 0 radical (unpaired) electrons. The van der Waals surface area contributed by atoms with Crippen molar-refractivity contribution in [3.05, 3.63) is 0 Å². The number of carbonyl (C=O) groups is 1. The van der Waals surface area contributed by atoms with Crippen LogP contribution in [0.3, 0.4) is 0 Å². The Morgan fingerprint density at radius 2 is 2.33 bits per heavy atom. The lowest BCUT2D eigenvalue weighted by Gasteiger charge is -2.18. The third-order valence-electron chi connectivity index (χ3n) is 2.50. The van der Waals surface area contributed by atoms with Crippen LogP contribution >= 0.6 is 0 Å². The predicted octanol–water partition coefficient (Wildman–Crippen LogP) is 0.500. The van der Waals surface area contributed by atoms with E-state index in [1.807, 2.05) is 0 Å². The van der Waals surface area contributed by atoms with E-state index >= 15 is 0 Å². The first-order valence-corrected chi connectivity index (χ1v) is 5.44. The van der Waals surface area contributed by atoms with E-state index in [9.17, 15) is 4.79 Å². The van der Waals surface area contributed by atoms with Gasteiger partial charge in [0, 0.05) is 20.2 Å². The number of carbonyl (C=O) groups excluding carboxylic acids is 1. The molecule has 5 heteroatoms. The fourth-order valence-corrected chi connectivity index (χ4v) is 1.55. The smallest absolute Gasteiger partial charge is 0.407 e. The summed E-state index contributed by atoms with van der Waals surface area (Å²) in [7, 11) is 1.65. The van der Waals surface area contributed by atoms with Crippen molar-refractivity contribution in [2.45, 2.75) is 31.9 Å². The molecule has 2 N–H and O–H groups in total. The molecule has 0 aliphatic carbocycles. The van der Waals surface area contributed by atoms with Crippen LogP contribution in [0.25, 0.3) is 0 Å². The fraction of sp³-hybridized carbons (Fsp3) is 0.900. The van der Waals surface area contributed by atoms with Gasteiger partial charge in [-0.15, -0.1) is 0 Å². The van der Waals surface area contributed by atoms with Gasteiger partial charge in [-0.05, 0) is 6.42 Å². The molecule has 1 amide bonds. The van der Waals surface area contributed by atoms with E-state index in [1.54, 1.807) is 7.11 Å². The highest BCUT2D eigenvalue weighted by atomic mass is 16.5. The Morgan fingerprint density at radius 3 is 3.00 bits per heavy atom. The number of ether oxygens (including phenoxy) is 2. The number of methoxy groups -OCH3 is 1. The van der Waals surface area contributed by atoms with Crippen LogP contribution in [0, 0.1) is 0 Å². The summed E-state index contributed by atoms with van der Waals surface area (Å²) in [6.45, 7) is 4.06. The lowest BCUT2D eigenvalue weighted by molar-refractivity contribution is 0.0874. The van der Waals surface area contributed by atoms with Crippen LogP contribution in [0.4, 0.5) is 4.79 Å². The SMILES string of the molecule is CCCCOC(=O)NC1CNCC1OC.